The Morgan fingerprint density at radius 3 is 1.75 bits per heavy atom. The van der Waals surface area contributed by atoms with Crippen molar-refractivity contribution < 1.29 is 45.9 Å². The zero-order chi connectivity index (χ0) is 5.91. The van der Waals surface area contributed by atoms with Gasteiger partial charge in [-0.15, -0.1) is 0 Å². The van der Waals surface area contributed by atoms with Crippen molar-refractivity contribution >= 4 is 0 Å². The van der Waals surface area contributed by atoms with E-state index in [1.165, 1.54) is 7.05 Å². The van der Waals surface area contributed by atoms with Gasteiger partial charge < -0.3 is 5.32 Å². The van der Waals surface area contributed by atoms with Crippen LogP contribution in [-0.2, 0) is 32.7 Å². The molecule has 8 heavy (non-hydrogen) atoms. The Morgan fingerprint density at radius 2 is 1.75 bits per heavy atom. The molecule has 0 atom stereocenters. The van der Waals surface area contributed by atoms with Crippen LogP contribution in [0.1, 0.15) is 0 Å². The van der Waals surface area contributed by atoms with Gasteiger partial charge in [0.25, 0.3) is 6.18 Å². The second-order valence-electron chi connectivity index (χ2n) is 0.975. The molecule has 0 aromatic rings. The molecular formula is C3H5F3NY-. The van der Waals surface area contributed by atoms with Crippen LogP contribution in [-0.4, -0.2) is 13.2 Å². The monoisotopic (exact) mass is 201 g/mol. The van der Waals surface area contributed by atoms with E-state index < -0.39 is 6.18 Å². The van der Waals surface area contributed by atoms with E-state index in [4.69, 9.17) is 0 Å². The van der Waals surface area contributed by atoms with E-state index in [0.29, 0.717) is 0 Å². The van der Waals surface area contributed by atoms with E-state index in [0.717, 1.165) is 0 Å². The molecule has 0 bridgehead atoms. The fraction of sp³-hybridized carbons (Fsp3) is 0.667. The molecule has 0 aliphatic heterocycles. The van der Waals surface area contributed by atoms with Crippen LogP contribution in [0.5, 0.6) is 0 Å². The molecule has 0 saturated heterocycles. The minimum absolute atomic E-state index is 0. The maximum absolute atomic E-state index is 10.9. The number of alkyl halides is 3. The van der Waals surface area contributed by atoms with Gasteiger partial charge in [-0.05, 0) is 7.05 Å². The minimum Gasteiger partial charge on any atom is -0.465 e. The Morgan fingerprint density at radius 1 is 1.38 bits per heavy atom. The third-order valence-corrected chi connectivity index (χ3v) is 0.308. The fourth-order valence-electron chi connectivity index (χ4n) is 0.164. The van der Waals surface area contributed by atoms with Crippen molar-refractivity contribution in [1.82, 2.24) is 5.32 Å². The molecule has 0 unspecified atom stereocenters. The van der Waals surface area contributed by atoms with Gasteiger partial charge in [0, 0.05) is 32.7 Å². The molecule has 0 aliphatic carbocycles. The van der Waals surface area contributed by atoms with Crippen molar-refractivity contribution in [3.8, 4) is 0 Å². The Labute approximate surface area is 70.9 Å². The molecule has 0 fully saturated rings. The van der Waals surface area contributed by atoms with Crippen LogP contribution in [0.3, 0.4) is 0 Å². The molecular weight excluding hydrogens is 196 g/mol. The maximum Gasteiger partial charge on any atom is 0.282 e. The van der Waals surface area contributed by atoms with Crippen LogP contribution in [0, 0.1) is 6.54 Å². The van der Waals surface area contributed by atoms with Crippen LogP contribution in [0.4, 0.5) is 13.2 Å². The molecule has 1 nitrogen and oxygen atoms in total. The van der Waals surface area contributed by atoms with Crippen molar-refractivity contribution in [3.05, 3.63) is 6.54 Å². The Hall–Kier alpha value is 0.854. The predicted molar refractivity (Wildman–Crippen MR) is 19.4 cm³/mol. The van der Waals surface area contributed by atoms with Gasteiger partial charge in [-0.25, -0.2) is 13.2 Å². The van der Waals surface area contributed by atoms with Gasteiger partial charge >= 0.3 is 0 Å². The first kappa shape index (κ1) is 11.6. The summed E-state index contributed by atoms with van der Waals surface area (Å²) in [5.74, 6) is 0. The summed E-state index contributed by atoms with van der Waals surface area (Å²) in [4.78, 5) is 0. The molecule has 0 amide bonds. The van der Waals surface area contributed by atoms with Gasteiger partial charge in [0.15, 0.2) is 0 Å². The van der Waals surface area contributed by atoms with Crippen LogP contribution >= 0.6 is 0 Å². The second kappa shape index (κ2) is 4.71. The fourth-order valence-corrected chi connectivity index (χ4v) is 0.164. The molecule has 0 saturated carbocycles. The number of hydrogen-bond acceptors (Lipinski definition) is 1. The second-order valence-corrected chi connectivity index (χ2v) is 0.975. The van der Waals surface area contributed by atoms with Crippen molar-refractivity contribution in [2.75, 3.05) is 7.05 Å². The zero-order valence-corrected chi connectivity index (χ0v) is 7.13. The predicted octanol–water partition coefficient (Wildman–Crippen LogP) is 0.927. The third kappa shape index (κ3) is 9.97. The smallest absolute Gasteiger partial charge is 0.282 e. The Bertz CT molecular complexity index is 53.0. The summed E-state index contributed by atoms with van der Waals surface area (Å²) in [6.07, 6.45) is -4.19. The summed E-state index contributed by atoms with van der Waals surface area (Å²) < 4.78 is 32.8. The van der Waals surface area contributed by atoms with Crippen LogP contribution in [0.25, 0.3) is 0 Å². The number of rotatable bonds is 1. The van der Waals surface area contributed by atoms with E-state index in [1.54, 1.807) is 0 Å². The average molecular weight is 201 g/mol. The molecule has 1 N–H and O–H groups in total. The maximum atomic E-state index is 10.9. The molecule has 1 radical (unpaired) electrons. The van der Waals surface area contributed by atoms with E-state index in [-0.39, 0.29) is 39.3 Å². The van der Waals surface area contributed by atoms with Crippen LogP contribution < -0.4 is 5.32 Å². The van der Waals surface area contributed by atoms with Gasteiger partial charge in [-0.2, -0.15) is 6.54 Å². The van der Waals surface area contributed by atoms with E-state index >= 15 is 0 Å². The van der Waals surface area contributed by atoms with Crippen molar-refractivity contribution in [2.24, 2.45) is 0 Å². The van der Waals surface area contributed by atoms with Crippen LogP contribution in [0.15, 0.2) is 0 Å². The average Bonchev–Trinajstić information content (AvgIpc) is 1.30. The summed E-state index contributed by atoms with van der Waals surface area (Å²) in [6.45, 7) is 0.0625. The zero-order valence-electron chi connectivity index (χ0n) is 4.29. The summed E-state index contributed by atoms with van der Waals surface area (Å²) >= 11 is 0. The van der Waals surface area contributed by atoms with Gasteiger partial charge in [-0.3, -0.25) is 0 Å². The summed E-state index contributed by atoms with van der Waals surface area (Å²) in [6, 6.07) is 0. The van der Waals surface area contributed by atoms with Crippen LogP contribution in [0.2, 0.25) is 0 Å². The number of halogens is 3. The first-order valence-corrected chi connectivity index (χ1v) is 1.64. The van der Waals surface area contributed by atoms with E-state index in [9.17, 15) is 13.2 Å². The third-order valence-electron chi connectivity index (χ3n) is 0.308. The van der Waals surface area contributed by atoms with Gasteiger partial charge in [0.05, 0.1) is 0 Å². The van der Waals surface area contributed by atoms with E-state index in [2.05, 4.69) is 0 Å². The first-order chi connectivity index (χ1) is 3.06. The largest absolute Gasteiger partial charge is 0.465 e. The molecule has 0 rings (SSSR count). The van der Waals surface area contributed by atoms with Crippen molar-refractivity contribution in [3.63, 3.8) is 0 Å². The minimum atomic E-state index is -4.19. The quantitative estimate of drug-likeness (QED) is 0.622. The van der Waals surface area contributed by atoms with Crippen molar-refractivity contribution in [1.29, 1.82) is 0 Å². The summed E-state index contributed by atoms with van der Waals surface area (Å²) in [5, 5.41) is 1.86. The topological polar surface area (TPSA) is 12.0 Å². The molecule has 0 aliphatic rings. The standard InChI is InChI=1S/C3H5F3N.Y/c1-7-2-3(4,5)6;/h2,7H,1H3;/q-1;. The number of nitrogens with one attached hydrogen (secondary N) is 1. The van der Waals surface area contributed by atoms with Crippen molar-refractivity contribution in [2.45, 2.75) is 6.18 Å². The molecule has 0 heterocycles. The molecule has 0 aromatic carbocycles. The van der Waals surface area contributed by atoms with Gasteiger partial charge in [0.2, 0.25) is 0 Å². The summed E-state index contributed by atoms with van der Waals surface area (Å²) in [5.41, 5.74) is 0. The molecule has 0 spiro atoms. The summed E-state index contributed by atoms with van der Waals surface area (Å²) in [7, 11) is 1.20. The molecule has 0 aromatic heterocycles. The Balaban J connectivity index is 0. The van der Waals surface area contributed by atoms with Gasteiger partial charge in [0.1, 0.15) is 0 Å². The normalized spacial score (nSPS) is 10.5. The first-order valence-electron chi connectivity index (χ1n) is 1.64. The Kier molecular flexibility index (Phi) is 6.84. The molecule has 47 valence electrons. The van der Waals surface area contributed by atoms with E-state index in [1.807, 2.05) is 5.32 Å². The SMILES string of the molecule is CN[CH-]C(F)(F)F.[Y]. The van der Waals surface area contributed by atoms with Gasteiger partial charge in [-0.1, -0.05) is 0 Å². The number of hydrogen-bond donors (Lipinski definition) is 1. The molecule has 5 heteroatoms.